The topological polar surface area (TPSA) is 163 Å². The van der Waals surface area contributed by atoms with Gasteiger partial charge in [-0.2, -0.15) is 0 Å². The predicted octanol–water partition coefficient (Wildman–Crippen LogP) is -4.05. The maximum absolute atomic E-state index is 12.9. The molecule has 10 nitrogen and oxygen atoms in total. The number of aromatic nitrogens is 4. The summed E-state index contributed by atoms with van der Waals surface area (Å²) in [5.74, 6) is -0.604. The average Bonchev–Trinajstić information content (AvgIpc) is 3.32. The third-order valence-corrected chi connectivity index (χ3v) is 6.12. The first kappa shape index (κ1) is 26.0. The van der Waals surface area contributed by atoms with Crippen LogP contribution in [0.5, 0.6) is 0 Å². The molecular formula is C14H6Cl2N5Na2O5PS. The van der Waals surface area contributed by atoms with Crippen molar-refractivity contribution in [1.29, 1.82) is 0 Å². The third kappa shape index (κ3) is 4.88. The van der Waals surface area contributed by atoms with Gasteiger partial charge in [-0.05, 0) is 12.1 Å². The molecule has 0 unspecified atom stereocenters. The number of nitrogens with two attached hydrogens (primary N) is 1. The van der Waals surface area contributed by atoms with Crippen molar-refractivity contribution < 1.29 is 82.7 Å². The van der Waals surface area contributed by atoms with E-state index in [0.29, 0.717) is 4.34 Å². The number of fused-ring (bicyclic) bond motifs is 1. The molecule has 0 radical (unpaired) electrons. The van der Waals surface area contributed by atoms with Crippen molar-refractivity contribution in [2.45, 2.75) is 0 Å². The SMILES string of the molecule is Nc1nnc(-c2csc(C(=O)c3cn(P(=O)([O-])[O-])c4cc(Cl)c(Cl)cc34)n2)o1.[Na+].[Na+]. The fourth-order valence-electron chi connectivity index (χ4n) is 2.52. The van der Waals surface area contributed by atoms with Crippen molar-refractivity contribution >= 4 is 65.0 Å². The summed E-state index contributed by atoms with van der Waals surface area (Å²) in [6, 6.07) is 2.35. The van der Waals surface area contributed by atoms with Crippen LogP contribution >= 0.6 is 42.3 Å². The van der Waals surface area contributed by atoms with E-state index in [9.17, 15) is 19.1 Å². The van der Waals surface area contributed by atoms with Crippen LogP contribution in [-0.4, -0.2) is 25.3 Å². The fraction of sp³-hybridized carbons (Fsp3) is 0. The number of hydrogen-bond acceptors (Lipinski definition) is 10. The minimum atomic E-state index is -5.25. The van der Waals surface area contributed by atoms with Gasteiger partial charge in [0.2, 0.25) is 5.78 Å². The van der Waals surface area contributed by atoms with Crippen LogP contribution in [0.2, 0.25) is 10.0 Å². The second-order valence-electron chi connectivity index (χ2n) is 5.45. The number of nitrogens with zero attached hydrogens (tertiary/aromatic N) is 4. The van der Waals surface area contributed by atoms with Gasteiger partial charge < -0.3 is 28.8 Å². The van der Waals surface area contributed by atoms with E-state index in [-0.39, 0.29) is 108 Å². The Hall–Kier alpha value is -0.270. The maximum Gasteiger partial charge on any atom is 1.00 e. The van der Waals surface area contributed by atoms with Crippen molar-refractivity contribution in [3.63, 3.8) is 0 Å². The summed E-state index contributed by atoms with van der Waals surface area (Å²) < 4.78 is 17.1. The van der Waals surface area contributed by atoms with Crippen LogP contribution in [0.4, 0.5) is 6.01 Å². The molecule has 144 valence electrons. The molecular weight excluding hydrogens is 498 g/mol. The molecule has 0 aliphatic rings. The van der Waals surface area contributed by atoms with Crippen LogP contribution in [0.1, 0.15) is 15.4 Å². The van der Waals surface area contributed by atoms with Gasteiger partial charge in [0.05, 0.1) is 21.1 Å². The summed E-state index contributed by atoms with van der Waals surface area (Å²) in [7, 11) is -5.25. The minimum Gasteiger partial charge on any atom is -0.795 e. The largest absolute Gasteiger partial charge is 1.00 e. The van der Waals surface area contributed by atoms with Crippen LogP contribution < -0.4 is 74.6 Å². The number of ketones is 1. The summed E-state index contributed by atoms with van der Waals surface area (Å²) in [4.78, 5) is 40.2. The van der Waals surface area contributed by atoms with Crippen molar-refractivity contribution in [2.75, 3.05) is 5.73 Å². The Kier molecular flexibility index (Phi) is 8.40. The van der Waals surface area contributed by atoms with E-state index in [4.69, 9.17) is 33.4 Å². The molecule has 30 heavy (non-hydrogen) atoms. The number of halogens is 2. The Morgan fingerprint density at radius 2 is 1.87 bits per heavy atom. The molecule has 0 spiro atoms. The zero-order valence-electron chi connectivity index (χ0n) is 15.3. The maximum atomic E-state index is 12.9. The summed E-state index contributed by atoms with van der Waals surface area (Å²) in [5, 5.41) is 8.95. The first-order valence-electron chi connectivity index (χ1n) is 7.27. The number of carbonyl (C=O) groups excluding carboxylic acids is 1. The van der Waals surface area contributed by atoms with Crippen molar-refractivity contribution in [3.05, 3.63) is 44.3 Å². The first-order chi connectivity index (χ1) is 13.1. The summed E-state index contributed by atoms with van der Waals surface area (Å²) in [6.07, 6.45) is 0.923. The summed E-state index contributed by atoms with van der Waals surface area (Å²) in [6.45, 7) is 0. The van der Waals surface area contributed by atoms with Crippen molar-refractivity contribution in [3.8, 4) is 11.6 Å². The molecule has 0 saturated heterocycles. The summed E-state index contributed by atoms with van der Waals surface area (Å²) in [5.41, 5.74) is 5.45. The Balaban J connectivity index is 0.00000160. The number of thiazole rings is 1. The van der Waals surface area contributed by atoms with E-state index in [1.54, 1.807) is 0 Å². The number of carbonyl (C=O) groups is 1. The number of benzene rings is 1. The quantitative estimate of drug-likeness (QED) is 0.166. The van der Waals surface area contributed by atoms with Gasteiger partial charge in [-0.3, -0.25) is 4.79 Å². The van der Waals surface area contributed by atoms with Gasteiger partial charge in [0.25, 0.3) is 5.89 Å². The monoisotopic (exact) mass is 503 g/mol. The predicted molar refractivity (Wildman–Crippen MR) is 98.2 cm³/mol. The van der Waals surface area contributed by atoms with E-state index in [2.05, 4.69) is 15.2 Å². The Bertz CT molecular complexity index is 1300. The zero-order valence-corrected chi connectivity index (χ0v) is 22.6. The van der Waals surface area contributed by atoms with Crippen LogP contribution in [-0.2, 0) is 4.57 Å². The molecule has 1 aromatic carbocycles. The number of hydrogen-bond donors (Lipinski definition) is 1. The van der Waals surface area contributed by atoms with Crippen LogP contribution in [0.25, 0.3) is 22.5 Å². The first-order valence-corrected chi connectivity index (χ1v) is 10.4. The number of nitrogen functional groups attached to an aromatic ring is 1. The molecule has 0 aliphatic carbocycles. The van der Waals surface area contributed by atoms with Gasteiger partial charge in [-0.1, -0.05) is 28.3 Å². The van der Waals surface area contributed by atoms with E-state index in [1.165, 1.54) is 17.5 Å². The van der Waals surface area contributed by atoms with Gasteiger partial charge in [-0.25, -0.2) is 4.98 Å². The van der Waals surface area contributed by atoms with Crippen LogP contribution in [0, 0.1) is 0 Å². The standard InChI is InChI=1S/C14H8Cl2N5O5PS.2Na/c15-7-1-5-6(3-21(27(23,24)25)10(5)2-8(7)16)11(22)13-18-9(4-28-13)12-19-20-14(17)26-12;;/h1-4H,(H2,17,20)(H2,23,24,25);;/q;2*+1/p-2. The molecule has 2 N–H and O–H groups in total. The van der Waals surface area contributed by atoms with Crippen LogP contribution in [0.15, 0.2) is 28.1 Å². The second-order valence-corrected chi connectivity index (χ2v) is 8.49. The molecule has 0 bridgehead atoms. The van der Waals surface area contributed by atoms with E-state index in [1.807, 2.05) is 0 Å². The molecule has 4 rings (SSSR count). The molecule has 0 fully saturated rings. The number of rotatable bonds is 4. The van der Waals surface area contributed by atoms with E-state index in [0.717, 1.165) is 17.5 Å². The van der Waals surface area contributed by atoms with Gasteiger partial charge in [0, 0.05) is 24.7 Å². The third-order valence-electron chi connectivity index (χ3n) is 3.69. The molecule has 4 aromatic rings. The zero-order chi connectivity index (χ0) is 20.2. The number of anilines is 1. The molecule has 0 amide bonds. The minimum absolute atomic E-state index is 0. The Morgan fingerprint density at radius 3 is 2.47 bits per heavy atom. The van der Waals surface area contributed by atoms with E-state index >= 15 is 0 Å². The Labute approximate surface area is 226 Å². The second kappa shape index (κ2) is 9.70. The molecule has 16 heteroatoms. The molecule has 0 saturated carbocycles. The smallest absolute Gasteiger partial charge is 0.795 e. The fourth-order valence-corrected chi connectivity index (χ4v) is 4.27. The van der Waals surface area contributed by atoms with Gasteiger partial charge in [0.1, 0.15) is 5.69 Å². The molecule has 0 aliphatic heterocycles. The molecule has 0 atom stereocenters. The van der Waals surface area contributed by atoms with Crippen molar-refractivity contribution in [2.24, 2.45) is 0 Å². The van der Waals surface area contributed by atoms with Gasteiger partial charge in [-0.15, -0.1) is 16.4 Å². The normalized spacial score (nSPS) is 11.2. The van der Waals surface area contributed by atoms with Crippen LogP contribution in [0.3, 0.4) is 0 Å². The van der Waals surface area contributed by atoms with Crippen molar-refractivity contribution in [1.82, 2.24) is 19.5 Å². The molecule has 3 heterocycles. The average molecular weight is 504 g/mol. The summed E-state index contributed by atoms with van der Waals surface area (Å²) >= 11 is 12.9. The van der Waals surface area contributed by atoms with E-state index < -0.39 is 13.5 Å². The van der Waals surface area contributed by atoms with Gasteiger partial charge in [0.15, 0.2) is 5.01 Å². The Morgan fingerprint density at radius 1 is 1.20 bits per heavy atom. The van der Waals surface area contributed by atoms with Gasteiger partial charge >= 0.3 is 65.1 Å². The molecule has 3 aromatic heterocycles.